The smallest absolute Gasteiger partial charge is 0.289 e. The van der Waals surface area contributed by atoms with Gasteiger partial charge in [0.2, 0.25) is 5.43 Å². The standard InChI is InChI=1S/C27H30FN3O4/c1-14(2)18-10-20(16(5)22(32)11-18)21-13-30-23(25(34)24(21)33)27(35)31(29-26(30)15(3)4)12-17-6-8-19(28)9-7-17/h6-9,13,15,18,26,29,34H,1,10-12H2,2-5H3. The second kappa shape index (κ2) is 9.26. The van der Waals surface area contributed by atoms with Gasteiger partial charge in [-0.05, 0) is 60.9 Å². The number of halogens is 1. The summed E-state index contributed by atoms with van der Waals surface area (Å²) in [4.78, 5) is 39.4. The first-order valence-corrected chi connectivity index (χ1v) is 11.7. The third-order valence-electron chi connectivity index (χ3n) is 6.91. The Morgan fingerprint density at radius 2 is 1.86 bits per heavy atom. The van der Waals surface area contributed by atoms with Gasteiger partial charge in [-0.3, -0.25) is 19.4 Å². The third-order valence-corrected chi connectivity index (χ3v) is 6.91. The molecule has 8 heteroatoms. The number of aromatic hydroxyl groups is 1. The lowest BCUT2D eigenvalue weighted by molar-refractivity contribution is -0.116. The summed E-state index contributed by atoms with van der Waals surface area (Å²) in [5.41, 5.74) is 5.23. The molecule has 0 radical (unpaired) electrons. The predicted octanol–water partition coefficient (Wildman–Crippen LogP) is 4.34. The van der Waals surface area contributed by atoms with Crippen molar-refractivity contribution in [1.29, 1.82) is 0 Å². The molecule has 184 valence electrons. The van der Waals surface area contributed by atoms with Crippen LogP contribution in [0, 0.1) is 17.7 Å². The monoisotopic (exact) mass is 479 g/mol. The highest BCUT2D eigenvalue weighted by Gasteiger charge is 2.37. The fourth-order valence-corrected chi connectivity index (χ4v) is 4.71. The molecule has 35 heavy (non-hydrogen) atoms. The number of Topliss-reactive ketones (excluding diaryl/α,β-unsaturated/α-hetero) is 1. The normalized spacial score (nSPS) is 20.5. The zero-order valence-corrected chi connectivity index (χ0v) is 20.4. The van der Waals surface area contributed by atoms with E-state index in [1.165, 1.54) is 17.1 Å². The molecule has 2 aromatic rings. The zero-order chi connectivity index (χ0) is 25.6. The minimum atomic E-state index is -0.680. The number of carbonyl (C=O) groups is 2. The summed E-state index contributed by atoms with van der Waals surface area (Å²) < 4.78 is 14.9. The van der Waals surface area contributed by atoms with Crippen molar-refractivity contribution in [2.24, 2.45) is 11.8 Å². The Morgan fingerprint density at radius 3 is 2.46 bits per heavy atom. The molecule has 1 aliphatic heterocycles. The van der Waals surface area contributed by atoms with Gasteiger partial charge in [0.1, 0.15) is 12.0 Å². The number of hydrogen-bond donors (Lipinski definition) is 2. The quantitative estimate of drug-likeness (QED) is 0.623. The Bertz CT molecular complexity index is 1310. The van der Waals surface area contributed by atoms with Gasteiger partial charge in [-0.2, -0.15) is 0 Å². The lowest BCUT2D eigenvalue weighted by Crippen LogP contribution is -2.53. The molecule has 2 N–H and O–H groups in total. The Kier molecular flexibility index (Phi) is 6.51. The van der Waals surface area contributed by atoms with Gasteiger partial charge in [0.05, 0.1) is 6.54 Å². The summed E-state index contributed by atoms with van der Waals surface area (Å²) >= 11 is 0. The number of allylic oxidation sites excluding steroid dienone is 3. The first-order valence-electron chi connectivity index (χ1n) is 11.7. The van der Waals surface area contributed by atoms with E-state index in [9.17, 15) is 23.9 Å². The lowest BCUT2D eigenvalue weighted by Gasteiger charge is -2.39. The summed E-state index contributed by atoms with van der Waals surface area (Å²) in [6, 6.07) is 5.77. The minimum Gasteiger partial charge on any atom is -0.503 e. The summed E-state index contributed by atoms with van der Waals surface area (Å²) in [6.45, 7) is 11.6. The van der Waals surface area contributed by atoms with Crippen molar-refractivity contribution in [2.75, 3.05) is 0 Å². The molecule has 1 aliphatic carbocycles. The fourth-order valence-electron chi connectivity index (χ4n) is 4.71. The van der Waals surface area contributed by atoms with Crippen LogP contribution in [0.3, 0.4) is 0 Å². The molecule has 4 rings (SSSR count). The van der Waals surface area contributed by atoms with Crippen molar-refractivity contribution < 1.29 is 19.1 Å². The van der Waals surface area contributed by atoms with Gasteiger partial charge in [-0.1, -0.05) is 38.1 Å². The first kappa shape index (κ1) is 24.6. The topological polar surface area (TPSA) is 91.6 Å². The van der Waals surface area contributed by atoms with E-state index in [1.54, 1.807) is 29.8 Å². The van der Waals surface area contributed by atoms with Crippen LogP contribution in [-0.4, -0.2) is 26.4 Å². The number of ketones is 1. The molecule has 0 bridgehead atoms. The van der Waals surface area contributed by atoms with Gasteiger partial charge in [-0.25, -0.2) is 9.82 Å². The maximum absolute atomic E-state index is 13.4. The van der Waals surface area contributed by atoms with Crippen LogP contribution in [0.2, 0.25) is 0 Å². The molecule has 0 saturated heterocycles. The number of benzene rings is 1. The molecule has 1 aromatic heterocycles. The summed E-state index contributed by atoms with van der Waals surface area (Å²) in [5.74, 6) is -1.77. The van der Waals surface area contributed by atoms with Crippen LogP contribution in [0.25, 0.3) is 5.57 Å². The number of carbonyl (C=O) groups excluding carboxylic acids is 2. The highest BCUT2D eigenvalue weighted by atomic mass is 19.1. The molecule has 2 heterocycles. The third kappa shape index (κ3) is 4.46. The van der Waals surface area contributed by atoms with Gasteiger partial charge >= 0.3 is 0 Å². The van der Waals surface area contributed by atoms with E-state index in [1.807, 2.05) is 20.8 Å². The van der Waals surface area contributed by atoms with Crippen molar-refractivity contribution >= 4 is 17.3 Å². The van der Waals surface area contributed by atoms with Crippen molar-refractivity contribution in [3.8, 4) is 5.75 Å². The Hall–Kier alpha value is -3.52. The van der Waals surface area contributed by atoms with Crippen molar-refractivity contribution in [3.05, 3.63) is 81.0 Å². The van der Waals surface area contributed by atoms with E-state index in [0.717, 1.165) is 5.57 Å². The van der Waals surface area contributed by atoms with E-state index in [0.29, 0.717) is 29.6 Å². The van der Waals surface area contributed by atoms with Crippen LogP contribution in [-0.2, 0) is 11.3 Å². The van der Waals surface area contributed by atoms with Gasteiger partial charge in [0.15, 0.2) is 17.2 Å². The molecule has 2 aliphatic rings. The number of aromatic nitrogens is 1. The number of nitrogens with zero attached hydrogens (tertiary/aromatic N) is 2. The van der Waals surface area contributed by atoms with Crippen LogP contribution >= 0.6 is 0 Å². The van der Waals surface area contributed by atoms with Crippen LogP contribution in [0.15, 0.2) is 53.0 Å². The highest BCUT2D eigenvalue weighted by Crippen LogP contribution is 2.37. The molecule has 1 amide bonds. The average molecular weight is 480 g/mol. The van der Waals surface area contributed by atoms with E-state index < -0.39 is 23.3 Å². The largest absolute Gasteiger partial charge is 0.503 e. The first-order chi connectivity index (χ1) is 16.5. The molecule has 2 unspecified atom stereocenters. The van der Waals surface area contributed by atoms with Crippen molar-refractivity contribution in [2.45, 2.75) is 53.2 Å². The summed E-state index contributed by atoms with van der Waals surface area (Å²) in [7, 11) is 0. The molecule has 0 fully saturated rings. The SMILES string of the molecule is C=C(C)C1CC(=O)C(C)=C(c2cn3c(c(O)c2=O)C(=O)N(Cc2ccc(F)cc2)NC3C(C)C)C1. The predicted molar refractivity (Wildman–Crippen MR) is 131 cm³/mol. The van der Waals surface area contributed by atoms with Gasteiger partial charge in [0, 0.05) is 18.2 Å². The minimum absolute atomic E-state index is 0.0291. The number of hydrazine groups is 1. The number of fused-ring (bicyclic) bond motifs is 1. The summed E-state index contributed by atoms with van der Waals surface area (Å²) in [6.07, 6.45) is 1.93. The van der Waals surface area contributed by atoms with Gasteiger partial charge in [-0.15, -0.1) is 0 Å². The van der Waals surface area contributed by atoms with Crippen LogP contribution in [0.1, 0.15) is 68.3 Å². The zero-order valence-electron chi connectivity index (χ0n) is 20.4. The fraction of sp³-hybridized carbons (Fsp3) is 0.370. The van der Waals surface area contributed by atoms with E-state index in [2.05, 4.69) is 12.0 Å². The second-order valence-corrected chi connectivity index (χ2v) is 9.79. The lowest BCUT2D eigenvalue weighted by atomic mass is 9.78. The van der Waals surface area contributed by atoms with Crippen molar-refractivity contribution in [1.82, 2.24) is 15.0 Å². The second-order valence-electron chi connectivity index (χ2n) is 9.79. The average Bonchev–Trinajstić information content (AvgIpc) is 2.80. The van der Waals surface area contributed by atoms with Gasteiger partial charge in [0.25, 0.3) is 5.91 Å². The number of nitrogens with one attached hydrogen (secondary N) is 1. The molecule has 1 aromatic carbocycles. The Labute approximate surface area is 203 Å². The molecular weight excluding hydrogens is 449 g/mol. The molecule has 0 saturated carbocycles. The molecule has 0 spiro atoms. The molecular formula is C27H30FN3O4. The van der Waals surface area contributed by atoms with Crippen LogP contribution in [0.4, 0.5) is 4.39 Å². The number of amides is 1. The van der Waals surface area contributed by atoms with Crippen LogP contribution in [0.5, 0.6) is 5.75 Å². The molecule has 2 atom stereocenters. The number of hydrogen-bond acceptors (Lipinski definition) is 5. The van der Waals surface area contributed by atoms with Crippen LogP contribution < -0.4 is 10.9 Å². The van der Waals surface area contributed by atoms with E-state index in [-0.39, 0.29) is 41.2 Å². The van der Waals surface area contributed by atoms with Crippen molar-refractivity contribution in [3.63, 3.8) is 0 Å². The molecule has 7 nitrogen and oxygen atoms in total. The Morgan fingerprint density at radius 1 is 1.20 bits per heavy atom. The number of pyridine rings is 1. The maximum atomic E-state index is 13.4. The Balaban J connectivity index is 1.82. The van der Waals surface area contributed by atoms with Gasteiger partial charge < -0.3 is 9.67 Å². The number of rotatable bonds is 5. The maximum Gasteiger partial charge on any atom is 0.289 e. The highest BCUT2D eigenvalue weighted by molar-refractivity contribution is 6.04. The summed E-state index contributed by atoms with van der Waals surface area (Å²) in [5, 5.41) is 12.3. The van der Waals surface area contributed by atoms with E-state index in [4.69, 9.17) is 0 Å². The van der Waals surface area contributed by atoms with E-state index >= 15 is 0 Å².